The maximum absolute atomic E-state index is 11.8. The summed E-state index contributed by atoms with van der Waals surface area (Å²) in [6, 6.07) is 0. The van der Waals surface area contributed by atoms with Crippen LogP contribution in [0.15, 0.2) is 18.7 Å². The van der Waals surface area contributed by atoms with Gasteiger partial charge in [0.1, 0.15) is 0 Å². The first-order chi connectivity index (χ1) is 14.6. The van der Waals surface area contributed by atoms with Crippen molar-refractivity contribution in [1.82, 2.24) is 9.55 Å². The van der Waals surface area contributed by atoms with Crippen LogP contribution < -0.4 is 0 Å². The van der Waals surface area contributed by atoms with Crippen molar-refractivity contribution >= 4 is 20.5 Å². The second-order valence-electron chi connectivity index (χ2n) is 7.63. The summed E-state index contributed by atoms with van der Waals surface area (Å²) < 4.78 is 61.6. The van der Waals surface area contributed by atoms with Gasteiger partial charge in [-0.3, -0.25) is 13.3 Å². The zero-order valence-corrected chi connectivity index (χ0v) is 20.3. The zero-order valence-electron chi connectivity index (χ0n) is 19.7. The van der Waals surface area contributed by atoms with Crippen molar-refractivity contribution in [3.8, 4) is 0 Å². The first kappa shape index (κ1) is 30.0. The highest BCUT2D eigenvalue weighted by Gasteiger charge is 2.11. The van der Waals surface area contributed by atoms with Crippen LogP contribution in [0.1, 0.15) is 98.2 Å². The van der Waals surface area contributed by atoms with Crippen LogP contribution >= 0.6 is 0 Å². The lowest BCUT2D eigenvalue weighted by atomic mass is 10.0. The van der Waals surface area contributed by atoms with Crippen molar-refractivity contribution in [2.75, 3.05) is 6.61 Å². The normalized spacial score (nSPS) is 11.8. The monoisotopic (exact) mass is 485 g/mol. The lowest BCUT2D eigenvalue weighted by Crippen LogP contribution is -2.13. The second kappa shape index (κ2) is 18.6. The Morgan fingerprint density at radius 1 is 0.806 bits per heavy atom. The highest BCUT2D eigenvalue weighted by Crippen LogP contribution is 2.13. The van der Waals surface area contributed by atoms with Crippen LogP contribution in [0.4, 0.5) is 0 Å². The summed E-state index contributed by atoms with van der Waals surface area (Å²) in [6.07, 6.45) is 22.6. The highest BCUT2D eigenvalue weighted by atomic mass is 32.3. The van der Waals surface area contributed by atoms with Crippen LogP contribution in [0.5, 0.6) is 0 Å². The van der Waals surface area contributed by atoms with E-state index < -0.39 is 20.5 Å². The third-order valence-corrected chi connectivity index (χ3v) is 5.77. The van der Waals surface area contributed by atoms with Crippen LogP contribution in [0, 0.1) is 0 Å². The van der Waals surface area contributed by atoms with E-state index in [9.17, 15) is 8.42 Å². The fourth-order valence-corrected chi connectivity index (χ4v) is 4.03. The Hall–Kier alpha value is -1.01. The Morgan fingerprint density at radius 2 is 1.23 bits per heavy atom. The lowest BCUT2D eigenvalue weighted by molar-refractivity contribution is 0.302. The molecule has 2 N–H and O–H groups in total. The van der Waals surface area contributed by atoms with E-state index in [0.717, 1.165) is 12.8 Å². The third-order valence-electron chi connectivity index (χ3n) is 4.63. The van der Waals surface area contributed by atoms with E-state index in [1.807, 2.05) is 0 Å². The van der Waals surface area contributed by atoms with Crippen molar-refractivity contribution in [2.45, 2.75) is 103 Å². The first-order valence-corrected chi connectivity index (χ1v) is 14.1. The summed E-state index contributed by atoms with van der Waals surface area (Å²) in [7, 11) is -8.17. The van der Waals surface area contributed by atoms with Gasteiger partial charge >= 0.3 is 11.8 Å². The Balaban J connectivity index is 0. The van der Waals surface area contributed by atoms with Crippen LogP contribution in [-0.2, 0) is 30.6 Å². The van der Waals surface area contributed by atoms with E-state index in [-0.39, 0.29) is 13.9 Å². The number of nitrogens with zero attached hydrogens (tertiary/aromatic N) is 2. The van der Waals surface area contributed by atoms with Gasteiger partial charge in [0, 0.05) is 12.4 Å². The molecule has 1 heterocycles. The summed E-state index contributed by atoms with van der Waals surface area (Å²) in [5.41, 5.74) is 0. The molecule has 1 rings (SSSR count). The molecule has 0 radical (unpaired) electrons. The average Bonchev–Trinajstić information content (AvgIpc) is 3.15. The zero-order chi connectivity index (χ0) is 23.4. The van der Waals surface area contributed by atoms with Crippen molar-refractivity contribution in [1.29, 1.82) is 0 Å². The van der Waals surface area contributed by atoms with E-state index in [1.165, 1.54) is 87.9 Å². The molecule has 1 aromatic heterocycles. The third kappa shape index (κ3) is 25.1. The molecule has 0 unspecified atom stereocenters. The minimum atomic E-state index is -4.67. The molecule has 31 heavy (non-hydrogen) atoms. The topological polar surface area (TPSA) is 136 Å². The number of imidazole rings is 1. The van der Waals surface area contributed by atoms with Gasteiger partial charge in [-0.15, -0.1) is 0 Å². The molecule has 1 aromatic rings. The number of hydrogen-bond donors (Lipinski definition) is 2. The standard InChI is InChI=1S/C20H38N2O3S.H2O4S/c1-2-3-4-5-6-7-8-9-10-11-12-13-14-15-18-25-26(23,24)20-22-17-16-21-19-22;1-5(2,3)4/h16-17,19H,2-15,18,20H2,1H3;(H2,1,2,3,4)/p+1. The molecule has 0 amide bonds. The fourth-order valence-electron chi connectivity index (χ4n) is 3.07. The molecular formula is C20H41N2O7S2+. The molecule has 184 valence electrons. The summed E-state index contributed by atoms with van der Waals surface area (Å²) in [5, 5.41) is 0. The number of aromatic nitrogens is 2. The Kier molecular flexibility index (Phi) is 17.9. The average molecular weight is 486 g/mol. The minimum absolute atomic E-state index is 0. The maximum atomic E-state index is 11.8. The smallest absolute Gasteiger partial charge is 0.320 e. The molecule has 0 aromatic carbocycles. The molecule has 0 spiro atoms. The van der Waals surface area contributed by atoms with Gasteiger partial charge < -0.3 is 4.57 Å². The molecule has 9 nitrogen and oxygen atoms in total. The van der Waals surface area contributed by atoms with E-state index in [4.69, 9.17) is 21.7 Å². The molecule has 0 aliphatic carbocycles. The Labute approximate surface area is 189 Å². The van der Waals surface area contributed by atoms with Crippen LogP contribution in [0.2, 0.25) is 0 Å². The van der Waals surface area contributed by atoms with E-state index >= 15 is 0 Å². The molecule has 0 aliphatic heterocycles. The van der Waals surface area contributed by atoms with Crippen LogP contribution in [0.3, 0.4) is 0 Å². The predicted molar refractivity (Wildman–Crippen MR) is 123 cm³/mol. The molecule has 0 saturated heterocycles. The molecular weight excluding hydrogens is 444 g/mol. The lowest BCUT2D eigenvalue weighted by Gasteiger charge is -2.06. The number of hydrogen-bond acceptors (Lipinski definition) is 6. The van der Waals surface area contributed by atoms with Gasteiger partial charge in [-0.1, -0.05) is 90.4 Å². The Bertz CT molecular complexity index is 719. The molecule has 0 aliphatic rings. The quantitative estimate of drug-likeness (QED) is 0.166. The van der Waals surface area contributed by atoms with Gasteiger partial charge in [-0.2, -0.15) is 16.8 Å². The molecule has 0 bridgehead atoms. The summed E-state index contributed by atoms with van der Waals surface area (Å²) in [4.78, 5) is 3.83. The van der Waals surface area contributed by atoms with Crippen molar-refractivity contribution in [3.63, 3.8) is 0 Å². The van der Waals surface area contributed by atoms with Gasteiger partial charge in [0.05, 0.1) is 12.9 Å². The summed E-state index contributed by atoms with van der Waals surface area (Å²) >= 11 is 0. The Morgan fingerprint density at radius 3 is 1.61 bits per heavy atom. The highest BCUT2D eigenvalue weighted by molar-refractivity contribution is 7.85. The molecule has 0 saturated carbocycles. The maximum Gasteiger partial charge on any atom is 1.00 e. The largest absolute Gasteiger partial charge is 1.00 e. The number of unbranched alkanes of at least 4 members (excludes halogenated alkanes) is 13. The van der Waals surface area contributed by atoms with Gasteiger partial charge in [0.15, 0.2) is 5.88 Å². The fraction of sp³-hybridized carbons (Fsp3) is 0.850. The van der Waals surface area contributed by atoms with Crippen molar-refractivity contribution in [3.05, 3.63) is 18.7 Å². The van der Waals surface area contributed by atoms with Gasteiger partial charge in [-0.25, -0.2) is 4.98 Å². The van der Waals surface area contributed by atoms with Crippen molar-refractivity contribution < 1.29 is 31.6 Å². The molecule has 0 fully saturated rings. The van der Waals surface area contributed by atoms with E-state index in [0.29, 0.717) is 0 Å². The first-order valence-electron chi connectivity index (χ1n) is 11.2. The van der Waals surface area contributed by atoms with Crippen molar-refractivity contribution in [2.24, 2.45) is 0 Å². The molecule has 0 atom stereocenters. The van der Waals surface area contributed by atoms with Gasteiger partial charge in [-0.05, 0) is 6.42 Å². The van der Waals surface area contributed by atoms with Gasteiger partial charge in [0.2, 0.25) is 0 Å². The van der Waals surface area contributed by atoms with Gasteiger partial charge in [0.25, 0.3) is 10.1 Å². The second-order valence-corrected chi connectivity index (χ2v) is 10.1. The number of rotatable bonds is 18. The predicted octanol–water partition coefficient (Wildman–Crippen LogP) is 5.13. The molecule has 11 heteroatoms. The van der Waals surface area contributed by atoms with Crippen LogP contribution in [0.25, 0.3) is 0 Å². The summed E-state index contributed by atoms with van der Waals surface area (Å²) in [6.45, 7) is 2.55. The summed E-state index contributed by atoms with van der Waals surface area (Å²) in [5.74, 6) is -0.161. The van der Waals surface area contributed by atoms with Crippen LogP contribution in [-0.4, -0.2) is 42.1 Å². The SMILES string of the molecule is CCCCCCCCCCCCCCCCOS(=O)(=O)Cn1ccnc1.O=S(=O)(O)O.[H+]. The minimum Gasteiger partial charge on any atom is -0.320 e. The van der Waals surface area contributed by atoms with E-state index in [2.05, 4.69) is 11.9 Å². The van der Waals surface area contributed by atoms with E-state index in [1.54, 1.807) is 12.4 Å².